The predicted molar refractivity (Wildman–Crippen MR) is 139 cm³/mol. The molecule has 204 valence electrons. The van der Waals surface area contributed by atoms with Gasteiger partial charge in [0.15, 0.2) is 15.6 Å². The third-order valence-corrected chi connectivity index (χ3v) is 8.82. The lowest BCUT2D eigenvalue weighted by Crippen LogP contribution is -2.63. The molecular formula is C26H33N5O6S. The molecule has 3 N–H and O–H groups in total. The maximum Gasteiger partial charge on any atom is 0.270 e. The van der Waals surface area contributed by atoms with Crippen LogP contribution in [0.15, 0.2) is 53.0 Å². The molecule has 1 aromatic carbocycles. The standard InChI is InChI=1S/C26H33N5O6S/c1-17-22(31-14-15-37-25(31)27-17)23(33)29-26(11-6-3-7-12-26)24(34)28-18-10-13-30(16-20(18)32)19-8-4-5-9-21(19)38(2,35)36/h4-5,8-9,14-15,18,25,27H,3,6-7,10-13,16H2,1-2H3,(H,28,34)(H,29,33). The van der Waals surface area contributed by atoms with Gasteiger partial charge in [0.25, 0.3) is 12.3 Å². The summed E-state index contributed by atoms with van der Waals surface area (Å²) in [5, 5.41) is 9.03. The zero-order valence-corrected chi connectivity index (χ0v) is 22.3. The second-order valence-electron chi connectivity index (χ2n) is 10.3. The maximum absolute atomic E-state index is 13.7. The number of benzene rings is 1. The molecule has 1 saturated carbocycles. The number of nitrogens with one attached hydrogen (secondary N) is 3. The fourth-order valence-electron chi connectivity index (χ4n) is 5.70. The molecule has 1 saturated heterocycles. The molecule has 4 aliphatic rings. The summed E-state index contributed by atoms with van der Waals surface area (Å²) in [7, 11) is -3.47. The molecule has 0 bridgehead atoms. The first kappa shape index (κ1) is 26.1. The average molecular weight is 544 g/mol. The van der Waals surface area contributed by atoms with Crippen LogP contribution in [0.25, 0.3) is 0 Å². The highest BCUT2D eigenvalue weighted by molar-refractivity contribution is 7.90. The molecule has 0 radical (unpaired) electrons. The van der Waals surface area contributed by atoms with E-state index in [1.54, 1.807) is 41.1 Å². The number of fused-ring (bicyclic) bond motifs is 1. The van der Waals surface area contributed by atoms with Crippen LogP contribution < -0.4 is 20.9 Å². The number of hydrogen-bond acceptors (Lipinski definition) is 9. The van der Waals surface area contributed by atoms with E-state index in [9.17, 15) is 22.8 Å². The highest BCUT2D eigenvalue weighted by atomic mass is 32.2. The lowest BCUT2D eigenvalue weighted by atomic mass is 9.80. The third kappa shape index (κ3) is 4.84. The summed E-state index contributed by atoms with van der Waals surface area (Å²) in [5.74, 6) is -0.933. The predicted octanol–water partition coefficient (Wildman–Crippen LogP) is 1.09. The van der Waals surface area contributed by atoms with Crippen molar-refractivity contribution in [1.29, 1.82) is 0 Å². The Labute approximate surface area is 222 Å². The number of hydrogen-bond donors (Lipinski definition) is 3. The van der Waals surface area contributed by atoms with Gasteiger partial charge in [-0.15, -0.1) is 0 Å². The van der Waals surface area contributed by atoms with Gasteiger partial charge in [-0.25, -0.2) is 8.42 Å². The van der Waals surface area contributed by atoms with Crippen molar-refractivity contribution in [1.82, 2.24) is 20.9 Å². The molecule has 1 aromatic rings. The second-order valence-corrected chi connectivity index (χ2v) is 12.3. The van der Waals surface area contributed by atoms with Crippen LogP contribution in [0.3, 0.4) is 0 Å². The number of amides is 2. The zero-order valence-electron chi connectivity index (χ0n) is 21.5. The minimum atomic E-state index is -3.47. The Kier molecular flexibility index (Phi) is 6.84. The van der Waals surface area contributed by atoms with Crippen LogP contribution in [0.4, 0.5) is 5.69 Å². The first-order valence-corrected chi connectivity index (χ1v) is 14.8. The topological polar surface area (TPSA) is 137 Å². The van der Waals surface area contributed by atoms with Gasteiger partial charge in [0.2, 0.25) is 5.91 Å². The van der Waals surface area contributed by atoms with E-state index in [0.717, 1.165) is 25.5 Å². The summed E-state index contributed by atoms with van der Waals surface area (Å²) in [5.41, 5.74) is 0.414. The van der Waals surface area contributed by atoms with E-state index in [2.05, 4.69) is 16.0 Å². The number of sulfone groups is 1. The molecule has 2 atom stereocenters. The minimum Gasteiger partial charge on any atom is -0.458 e. The van der Waals surface area contributed by atoms with Crippen molar-refractivity contribution in [2.24, 2.45) is 0 Å². The molecule has 3 heterocycles. The van der Waals surface area contributed by atoms with E-state index in [4.69, 9.17) is 4.74 Å². The van der Waals surface area contributed by atoms with Gasteiger partial charge in [0, 0.05) is 24.7 Å². The maximum atomic E-state index is 13.7. The lowest BCUT2D eigenvalue weighted by Gasteiger charge is -2.39. The monoisotopic (exact) mass is 543 g/mol. The molecule has 3 aliphatic heterocycles. The van der Waals surface area contributed by atoms with E-state index in [1.165, 1.54) is 12.3 Å². The van der Waals surface area contributed by atoms with Crippen molar-refractivity contribution in [3.8, 4) is 0 Å². The molecule has 2 amide bonds. The molecule has 5 rings (SSSR count). The van der Waals surface area contributed by atoms with Gasteiger partial charge in [-0.1, -0.05) is 31.4 Å². The van der Waals surface area contributed by atoms with Gasteiger partial charge in [0.1, 0.15) is 17.5 Å². The summed E-state index contributed by atoms with van der Waals surface area (Å²) < 4.78 is 29.9. The van der Waals surface area contributed by atoms with Gasteiger partial charge in [-0.2, -0.15) is 0 Å². The zero-order chi connectivity index (χ0) is 27.1. The van der Waals surface area contributed by atoms with E-state index >= 15 is 0 Å². The van der Waals surface area contributed by atoms with Crippen LogP contribution in [0.2, 0.25) is 0 Å². The number of piperidine rings is 1. The van der Waals surface area contributed by atoms with Crippen LogP contribution in [0.1, 0.15) is 45.4 Å². The number of anilines is 1. The van der Waals surface area contributed by atoms with Crippen LogP contribution in [-0.2, 0) is 29.0 Å². The number of para-hydroxylation sites is 1. The largest absolute Gasteiger partial charge is 0.458 e. The number of ether oxygens (including phenoxy) is 1. The van der Waals surface area contributed by atoms with Crippen molar-refractivity contribution in [2.75, 3.05) is 24.2 Å². The fourth-order valence-corrected chi connectivity index (χ4v) is 6.60. The van der Waals surface area contributed by atoms with Gasteiger partial charge < -0.3 is 25.6 Å². The van der Waals surface area contributed by atoms with E-state index in [0.29, 0.717) is 42.9 Å². The Morgan fingerprint density at radius 2 is 1.89 bits per heavy atom. The Morgan fingerprint density at radius 3 is 2.61 bits per heavy atom. The van der Waals surface area contributed by atoms with Crippen LogP contribution in [-0.4, -0.2) is 68.2 Å². The smallest absolute Gasteiger partial charge is 0.270 e. The van der Waals surface area contributed by atoms with E-state index in [-0.39, 0.29) is 29.0 Å². The van der Waals surface area contributed by atoms with Gasteiger partial charge in [-0.05, 0) is 38.3 Å². The van der Waals surface area contributed by atoms with Crippen LogP contribution in [0, 0.1) is 0 Å². The summed E-state index contributed by atoms with van der Waals surface area (Å²) >= 11 is 0. The second kappa shape index (κ2) is 9.97. The number of ketones is 1. The molecule has 1 aliphatic carbocycles. The first-order valence-electron chi connectivity index (χ1n) is 12.9. The van der Waals surface area contributed by atoms with Crippen molar-refractivity contribution in [3.63, 3.8) is 0 Å². The quantitative estimate of drug-likeness (QED) is 0.482. The number of allylic oxidation sites excluding steroid dienone is 1. The highest BCUT2D eigenvalue weighted by Gasteiger charge is 2.45. The molecule has 12 heteroatoms. The highest BCUT2D eigenvalue weighted by Crippen LogP contribution is 2.32. The van der Waals surface area contributed by atoms with E-state index in [1.807, 2.05) is 0 Å². The number of Topliss-reactive ketones (excluding diaryl/α,β-unsaturated/α-hetero) is 1. The van der Waals surface area contributed by atoms with Crippen LogP contribution in [0.5, 0.6) is 0 Å². The third-order valence-electron chi connectivity index (χ3n) is 7.68. The fraction of sp³-hybridized carbons (Fsp3) is 0.500. The Bertz CT molecular complexity index is 1320. The molecule has 2 unspecified atom stereocenters. The Morgan fingerprint density at radius 1 is 1.16 bits per heavy atom. The summed E-state index contributed by atoms with van der Waals surface area (Å²) in [4.78, 5) is 43.8. The van der Waals surface area contributed by atoms with Crippen molar-refractivity contribution >= 4 is 33.1 Å². The minimum absolute atomic E-state index is 0.0166. The van der Waals surface area contributed by atoms with E-state index < -0.39 is 27.8 Å². The van der Waals surface area contributed by atoms with Crippen molar-refractivity contribution in [2.45, 2.75) is 68.3 Å². The summed E-state index contributed by atoms with van der Waals surface area (Å²) in [6, 6.07) is 5.89. The molecule has 38 heavy (non-hydrogen) atoms. The van der Waals surface area contributed by atoms with Crippen molar-refractivity contribution < 1.29 is 27.5 Å². The van der Waals surface area contributed by atoms with Crippen LogP contribution >= 0.6 is 0 Å². The molecule has 0 spiro atoms. The van der Waals surface area contributed by atoms with Gasteiger partial charge in [-0.3, -0.25) is 19.3 Å². The van der Waals surface area contributed by atoms with Gasteiger partial charge in [0.05, 0.1) is 23.2 Å². The van der Waals surface area contributed by atoms with Gasteiger partial charge >= 0.3 is 0 Å². The normalized spacial score (nSPS) is 24.5. The lowest BCUT2D eigenvalue weighted by molar-refractivity contribution is -0.136. The summed E-state index contributed by atoms with van der Waals surface area (Å²) in [6.45, 7) is 2.17. The number of rotatable bonds is 6. The SMILES string of the molecule is CC1=C(C(=O)NC2(C(=O)NC3CCN(c4ccccc4S(C)(=O)=O)CC3=O)CCCCC2)N2C=COC2N1. The molecule has 2 fully saturated rings. The van der Waals surface area contributed by atoms with Crippen molar-refractivity contribution in [3.05, 3.63) is 48.1 Å². The molecule has 0 aromatic heterocycles. The average Bonchev–Trinajstić information content (AvgIpc) is 3.45. The number of carbonyl (C=O) groups is 3. The Hall–Kier alpha value is -3.54. The Balaban J connectivity index is 1.29. The number of nitrogens with zero attached hydrogens (tertiary/aromatic N) is 2. The summed E-state index contributed by atoms with van der Waals surface area (Å²) in [6.07, 6.45) is 7.69. The molecule has 11 nitrogen and oxygen atoms in total. The number of carbonyl (C=O) groups excluding carboxylic acids is 3. The molecular weight excluding hydrogens is 510 g/mol. The first-order chi connectivity index (χ1) is 18.1.